The first-order chi connectivity index (χ1) is 12.2. The van der Waals surface area contributed by atoms with E-state index in [0.717, 1.165) is 11.1 Å². The van der Waals surface area contributed by atoms with E-state index < -0.39 is 6.04 Å². The molecule has 0 fully saturated rings. The number of hydrogen-bond acceptors (Lipinski definition) is 4. The van der Waals surface area contributed by atoms with Crippen molar-refractivity contribution in [2.75, 3.05) is 6.61 Å². The standard InChI is InChI=1S/C19H20N4O2/c1-13-7-9-14(10-8-13)11-16(12-24)20-19(25)18-17(21-23-22-18)15-5-3-2-4-6-15/h2-10,16,24H,11-12H2,1H3,(H,20,25)(H,21,22,23)/t16-/m0/s1. The molecule has 25 heavy (non-hydrogen) atoms. The van der Waals surface area contributed by atoms with Crippen LogP contribution in [0.3, 0.4) is 0 Å². The largest absolute Gasteiger partial charge is 0.394 e. The number of aromatic nitrogens is 3. The topological polar surface area (TPSA) is 90.9 Å². The van der Waals surface area contributed by atoms with Gasteiger partial charge in [-0.2, -0.15) is 15.4 Å². The summed E-state index contributed by atoms with van der Waals surface area (Å²) < 4.78 is 0. The van der Waals surface area contributed by atoms with E-state index in [1.165, 1.54) is 5.56 Å². The highest BCUT2D eigenvalue weighted by Crippen LogP contribution is 2.19. The molecule has 0 spiro atoms. The van der Waals surface area contributed by atoms with Gasteiger partial charge in [-0.3, -0.25) is 4.79 Å². The molecule has 0 aliphatic rings. The molecule has 3 rings (SSSR count). The van der Waals surface area contributed by atoms with Gasteiger partial charge in [0.05, 0.1) is 12.6 Å². The SMILES string of the molecule is Cc1ccc(C[C@@H](CO)NC(=O)c2n[nH]nc2-c2ccccc2)cc1. The van der Waals surface area contributed by atoms with Gasteiger partial charge in [-0.15, -0.1) is 0 Å². The molecule has 0 aliphatic heterocycles. The number of carbonyl (C=O) groups excluding carboxylic acids is 1. The number of carbonyl (C=O) groups is 1. The predicted octanol–water partition coefficient (Wildman–Crippen LogP) is 2.11. The van der Waals surface area contributed by atoms with Crippen molar-refractivity contribution in [2.45, 2.75) is 19.4 Å². The third-order valence-electron chi connectivity index (χ3n) is 3.97. The van der Waals surface area contributed by atoms with Crippen LogP contribution in [0, 0.1) is 6.92 Å². The van der Waals surface area contributed by atoms with Crippen molar-refractivity contribution >= 4 is 5.91 Å². The molecule has 0 saturated heterocycles. The Morgan fingerprint density at radius 2 is 1.84 bits per heavy atom. The third kappa shape index (κ3) is 4.10. The van der Waals surface area contributed by atoms with Gasteiger partial charge in [0.1, 0.15) is 5.69 Å². The molecule has 0 unspecified atom stereocenters. The lowest BCUT2D eigenvalue weighted by molar-refractivity contribution is 0.0912. The molecule has 6 nitrogen and oxygen atoms in total. The second-order valence-corrected chi connectivity index (χ2v) is 5.93. The van der Waals surface area contributed by atoms with Crippen LogP contribution in [0.5, 0.6) is 0 Å². The van der Waals surface area contributed by atoms with Crippen LogP contribution in [0.4, 0.5) is 0 Å². The minimum atomic E-state index is -0.393. The summed E-state index contributed by atoms with van der Waals surface area (Å²) in [5.41, 5.74) is 3.73. The van der Waals surface area contributed by atoms with Crippen LogP contribution in [-0.2, 0) is 6.42 Å². The zero-order valence-corrected chi connectivity index (χ0v) is 13.9. The van der Waals surface area contributed by atoms with Crippen molar-refractivity contribution in [1.29, 1.82) is 0 Å². The number of nitrogens with zero attached hydrogens (tertiary/aromatic N) is 2. The smallest absolute Gasteiger partial charge is 0.274 e. The quantitative estimate of drug-likeness (QED) is 0.643. The molecule has 2 aromatic carbocycles. The van der Waals surface area contributed by atoms with Gasteiger partial charge in [0.15, 0.2) is 5.69 Å². The number of aliphatic hydroxyl groups excluding tert-OH is 1. The van der Waals surface area contributed by atoms with E-state index >= 15 is 0 Å². The monoisotopic (exact) mass is 336 g/mol. The highest BCUT2D eigenvalue weighted by molar-refractivity contribution is 5.98. The van der Waals surface area contributed by atoms with Crippen molar-refractivity contribution in [1.82, 2.24) is 20.7 Å². The number of nitrogens with one attached hydrogen (secondary N) is 2. The number of H-pyrrole nitrogens is 1. The molecular formula is C19H20N4O2. The van der Waals surface area contributed by atoms with E-state index in [-0.39, 0.29) is 18.2 Å². The van der Waals surface area contributed by atoms with Gasteiger partial charge in [-0.1, -0.05) is 60.2 Å². The van der Waals surface area contributed by atoms with Gasteiger partial charge in [-0.25, -0.2) is 0 Å². The third-order valence-corrected chi connectivity index (χ3v) is 3.97. The number of hydrogen-bond donors (Lipinski definition) is 3. The van der Waals surface area contributed by atoms with E-state index in [0.29, 0.717) is 12.1 Å². The van der Waals surface area contributed by atoms with E-state index in [9.17, 15) is 9.90 Å². The van der Waals surface area contributed by atoms with Gasteiger partial charge in [0.2, 0.25) is 0 Å². The Morgan fingerprint density at radius 1 is 1.12 bits per heavy atom. The van der Waals surface area contributed by atoms with Crippen LogP contribution in [0.15, 0.2) is 54.6 Å². The van der Waals surface area contributed by atoms with Crippen LogP contribution in [0.1, 0.15) is 21.6 Å². The lowest BCUT2D eigenvalue weighted by Gasteiger charge is -2.16. The number of aliphatic hydroxyl groups is 1. The summed E-state index contributed by atoms with van der Waals surface area (Å²) in [6, 6.07) is 17.0. The highest BCUT2D eigenvalue weighted by atomic mass is 16.3. The lowest BCUT2D eigenvalue weighted by Crippen LogP contribution is -2.39. The summed E-state index contributed by atoms with van der Waals surface area (Å²) >= 11 is 0. The summed E-state index contributed by atoms with van der Waals surface area (Å²) in [5.74, 6) is -0.362. The maximum atomic E-state index is 12.6. The lowest BCUT2D eigenvalue weighted by atomic mass is 10.0. The highest BCUT2D eigenvalue weighted by Gasteiger charge is 2.20. The summed E-state index contributed by atoms with van der Waals surface area (Å²) in [6.45, 7) is 1.86. The molecule has 0 aliphatic carbocycles. The maximum Gasteiger partial charge on any atom is 0.274 e. The minimum absolute atomic E-state index is 0.155. The number of aryl methyl sites for hydroxylation is 1. The van der Waals surface area contributed by atoms with Crippen molar-refractivity contribution in [3.63, 3.8) is 0 Å². The normalized spacial score (nSPS) is 11.9. The zero-order valence-electron chi connectivity index (χ0n) is 13.9. The van der Waals surface area contributed by atoms with Crippen LogP contribution >= 0.6 is 0 Å². The van der Waals surface area contributed by atoms with Gasteiger partial charge in [0, 0.05) is 5.56 Å². The van der Waals surface area contributed by atoms with Crippen molar-refractivity contribution < 1.29 is 9.90 Å². The predicted molar refractivity (Wildman–Crippen MR) is 95.0 cm³/mol. The van der Waals surface area contributed by atoms with Crippen molar-refractivity contribution in [3.05, 3.63) is 71.4 Å². The average molecular weight is 336 g/mol. The fraction of sp³-hybridized carbons (Fsp3) is 0.211. The Labute approximate surface area is 145 Å². The second-order valence-electron chi connectivity index (χ2n) is 5.93. The Hall–Kier alpha value is -2.99. The second kappa shape index (κ2) is 7.72. The van der Waals surface area contributed by atoms with Gasteiger partial charge in [-0.05, 0) is 18.9 Å². The summed E-state index contributed by atoms with van der Waals surface area (Å²) in [5, 5.41) is 23.0. The fourth-order valence-electron chi connectivity index (χ4n) is 2.61. The van der Waals surface area contributed by atoms with Gasteiger partial charge < -0.3 is 10.4 Å². The first-order valence-electron chi connectivity index (χ1n) is 8.11. The van der Waals surface area contributed by atoms with E-state index in [4.69, 9.17) is 0 Å². The molecule has 1 amide bonds. The van der Waals surface area contributed by atoms with Crippen molar-refractivity contribution in [2.24, 2.45) is 0 Å². The number of benzene rings is 2. The maximum absolute atomic E-state index is 12.6. The fourth-order valence-corrected chi connectivity index (χ4v) is 2.61. The van der Waals surface area contributed by atoms with Gasteiger partial charge >= 0.3 is 0 Å². The van der Waals surface area contributed by atoms with Crippen LogP contribution in [0.2, 0.25) is 0 Å². The number of amides is 1. The summed E-state index contributed by atoms with van der Waals surface area (Å²) in [4.78, 5) is 12.6. The molecule has 0 radical (unpaired) electrons. The Morgan fingerprint density at radius 3 is 2.52 bits per heavy atom. The first-order valence-corrected chi connectivity index (χ1v) is 8.11. The molecule has 6 heteroatoms. The van der Waals surface area contributed by atoms with Gasteiger partial charge in [0.25, 0.3) is 5.91 Å². The Bertz CT molecular complexity index is 828. The van der Waals surface area contributed by atoms with E-state index in [1.54, 1.807) is 0 Å². The Balaban J connectivity index is 1.73. The minimum Gasteiger partial charge on any atom is -0.394 e. The molecular weight excluding hydrogens is 316 g/mol. The van der Waals surface area contributed by atoms with Crippen LogP contribution < -0.4 is 5.32 Å². The number of rotatable bonds is 6. The molecule has 1 atom stereocenters. The molecule has 0 bridgehead atoms. The molecule has 1 heterocycles. The molecule has 0 saturated carbocycles. The molecule has 3 N–H and O–H groups in total. The van der Waals surface area contributed by atoms with Crippen LogP contribution in [0.25, 0.3) is 11.3 Å². The molecule has 128 valence electrons. The zero-order chi connectivity index (χ0) is 17.6. The first kappa shape index (κ1) is 16.9. The average Bonchev–Trinajstić information content (AvgIpc) is 3.13. The summed E-state index contributed by atoms with van der Waals surface area (Å²) in [6.07, 6.45) is 0.543. The summed E-state index contributed by atoms with van der Waals surface area (Å²) in [7, 11) is 0. The molecule has 1 aromatic heterocycles. The number of aromatic amines is 1. The molecule has 3 aromatic rings. The Kier molecular flexibility index (Phi) is 5.20. The van der Waals surface area contributed by atoms with E-state index in [2.05, 4.69) is 20.7 Å². The van der Waals surface area contributed by atoms with E-state index in [1.807, 2.05) is 61.5 Å². The van der Waals surface area contributed by atoms with Crippen LogP contribution in [-0.4, -0.2) is 39.1 Å². The van der Waals surface area contributed by atoms with Crippen molar-refractivity contribution in [3.8, 4) is 11.3 Å².